The Morgan fingerprint density at radius 3 is 2.64 bits per heavy atom. The van der Waals surface area contributed by atoms with Gasteiger partial charge in [0.05, 0.1) is 6.21 Å². The molecule has 0 saturated carbocycles. The van der Waals surface area contributed by atoms with Crippen molar-refractivity contribution in [1.82, 2.24) is 9.99 Å². The van der Waals surface area contributed by atoms with E-state index < -0.39 is 11.9 Å². The molecule has 1 amide bonds. The zero-order valence-electron chi connectivity index (χ0n) is 15.0. The second-order valence-corrected chi connectivity index (χ2v) is 6.60. The summed E-state index contributed by atoms with van der Waals surface area (Å²) in [4.78, 5) is 36.6. The zero-order chi connectivity index (χ0) is 19.9. The predicted octanol–water partition coefficient (Wildman–Crippen LogP) is 2.91. The third-order valence-corrected chi connectivity index (χ3v) is 4.65. The van der Waals surface area contributed by atoms with Gasteiger partial charge in [-0.05, 0) is 60.3 Å². The molecule has 3 aromatic rings. The fourth-order valence-corrected chi connectivity index (χ4v) is 2.96. The molecule has 142 valence electrons. The second kappa shape index (κ2) is 8.92. The number of nitrogens with one attached hydrogen (secondary N) is 1. The number of hydrogen-bond acceptors (Lipinski definition) is 6. The standard InChI is InChI=1S/C20H17N3O4S/c1-2-23-11-3-5-16(19(23)25)18(24)22-21-13-14-7-9-15(10-8-14)27-20(26)17-6-4-12-28-17/h3-13H,2H2,1H3,(H,22,24)/b21-13-. The number of nitrogens with zero attached hydrogens (tertiary/aromatic N) is 2. The Labute approximate surface area is 164 Å². The molecule has 2 aromatic heterocycles. The Kier molecular flexibility index (Phi) is 6.13. The Balaban J connectivity index is 1.60. The minimum absolute atomic E-state index is 0.0253. The summed E-state index contributed by atoms with van der Waals surface area (Å²) < 4.78 is 6.71. The molecule has 0 aliphatic heterocycles. The van der Waals surface area contributed by atoms with Crippen LogP contribution in [0.2, 0.25) is 0 Å². The molecule has 0 fully saturated rings. The summed E-state index contributed by atoms with van der Waals surface area (Å²) in [6.07, 6.45) is 3.05. The van der Waals surface area contributed by atoms with Crippen molar-refractivity contribution in [3.8, 4) is 5.75 Å². The summed E-state index contributed by atoms with van der Waals surface area (Å²) in [6.45, 7) is 2.30. The molecule has 0 atom stereocenters. The average molecular weight is 395 g/mol. The third kappa shape index (κ3) is 4.60. The van der Waals surface area contributed by atoms with Gasteiger partial charge in [-0.2, -0.15) is 5.10 Å². The molecule has 3 rings (SSSR count). The number of rotatable bonds is 6. The molecule has 0 aliphatic carbocycles. The lowest BCUT2D eigenvalue weighted by Crippen LogP contribution is -2.30. The zero-order valence-corrected chi connectivity index (χ0v) is 15.8. The van der Waals surface area contributed by atoms with Crippen molar-refractivity contribution in [1.29, 1.82) is 0 Å². The molecule has 0 unspecified atom stereocenters. The smallest absolute Gasteiger partial charge is 0.353 e. The summed E-state index contributed by atoms with van der Waals surface area (Å²) in [6, 6.07) is 13.2. The van der Waals surface area contributed by atoms with E-state index in [4.69, 9.17) is 4.74 Å². The first-order chi connectivity index (χ1) is 13.6. The number of amides is 1. The average Bonchev–Trinajstić information content (AvgIpc) is 3.24. The fraction of sp³-hybridized carbons (Fsp3) is 0.100. The minimum atomic E-state index is -0.578. The van der Waals surface area contributed by atoms with E-state index >= 15 is 0 Å². The fourth-order valence-electron chi connectivity index (χ4n) is 2.36. The van der Waals surface area contributed by atoms with Crippen molar-refractivity contribution >= 4 is 29.4 Å². The molecule has 7 nitrogen and oxygen atoms in total. The van der Waals surface area contributed by atoms with Gasteiger partial charge in [0.2, 0.25) is 0 Å². The van der Waals surface area contributed by atoms with Crippen molar-refractivity contribution in [2.24, 2.45) is 5.10 Å². The van der Waals surface area contributed by atoms with Crippen LogP contribution in [0.5, 0.6) is 5.75 Å². The molecule has 0 saturated heterocycles. The number of aromatic nitrogens is 1. The number of hydrogen-bond donors (Lipinski definition) is 1. The Morgan fingerprint density at radius 1 is 1.18 bits per heavy atom. The Morgan fingerprint density at radius 2 is 1.96 bits per heavy atom. The summed E-state index contributed by atoms with van der Waals surface area (Å²) in [5.41, 5.74) is 2.69. The highest BCUT2D eigenvalue weighted by Gasteiger charge is 2.11. The minimum Gasteiger partial charge on any atom is -0.422 e. The number of ether oxygens (including phenoxy) is 1. The van der Waals surface area contributed by atoms with Crippen molar-refractivity contribution in [2.75, 3.05) is 0 Å². The van der Waals surface area contributed by atoms with E-state index in [-0.39, 0.29) is 11.1 Å². The van der Waals surface area contributed by atoms with E-state index in [1.54, 1.807) is 54.0 Å². The molecule has 0 aliphatic rings. The maximum Gasteiger partial charge on any atom is 0.353 e. The molecular formula is C20H17N3O4S. The first-order valence-electron chi connectivity index (χ1n) is 8.47. The number of aryl methyl sites for hydroxylation is 1. The molecule has 28 heavy (non-hydrogen) atoms. The van der Waals surface area contributed by atoms with Gasteiger partial charge in [-0.25, -0.2) is 10.2 Å². The number of hydrazone groups is 1. The van der Waals surface area contributed by atoms with Crippen LogP contribution < -0.4 is 15.7 Å². The number of carbonyl (C=O) groups is 2. The molecule has 0 spiro atoms. The lowest BCUT2D eigenvalue weighted by molar-refractivity contribution is 0.0739. The van der Waals surface area contributed by atoms with Crippen molar-refractivity contribution in [3.63, 3.8) is 0 Å². The number of benzene rings is 1. The lowest BCUT2D eigenvalue weighted by Gasteiger charge is -2.04. The topological polar surface area (TPSA) is 89.8 Å². The molecule has 1 aromatic carbocycles. The lowest BCUT2D eigenvalue weighted by atomic mass is 10.2. The van der Waals surface area contributed by atoms with E-state index in [9.17, 15) is 14.4 Å². The first-order valence-corrected chi connectivity index (χ1v) is 9.35. The molecule has 8 heteroatoms. The number of esters is 1. The quantitative estimate of drug-likeness (QED) is 0.301. The summed E-state index contributed by atoms with van der Waals surface area (Å²) in [7, 11) is 0. The van der Waals surface area contributed by atoms with Gasteiger partial charge in [-0.15, -0.1) is 11.3 Å². The van der Waals surface area contributed by atoms with Crippen molar-refractivity contribution in [3.05, 3.63) is 86.5 Å². The van der Waals surface area contributed by atoms with Gasteiger partial charge < -0.3 is 9.30 Å². The summed E-state index contributed by atoms with van der Waals surface area (Å²) in [5, 5.41) is 5.67. The highest BCUT2D eigenvalue weighted by Crippen LogP contribution is 2.16. The third-order valence-electron chi connectivity index (χ3n) is 3.80. The normalized spacial score (nSPS) is 10.8. The van der Waals surface area contributed by atoms with Gasteiger partial charge in [0, 0.05) is 12.7 Å². The largest absolute Gasteiger partial charge is 0.422 e. The molecule has 0 bridgehead atoms. The highest BCUT2D eigenvalue weighted by atomic mass is 32.1. The van der Waals surface area contributed by atoms with Crippen LogP contribution in [0.4, 0.5) is 0 Å². The van der Waals surface area contributed by atoms with E-state index in [2.05, 4.69) is 10.5 Å². The number of thiophene rings is 1. The van der Waals surface area contributed by atoms with Crippen molar-refractivity contribution in [2.45, 2.75) is 13.5 Å². The highest BCUT2D eigenvalue weighted by molar-refractivity contribution is 7.12. The van der Waals surface area contributed by atoms with Gasteiger partial charge in [0.15, 0.2) is 0 Å². The number of pyridine rings is 1. The molecule has 2 heterocycles. The van der Waals surface area contributed by atoms with E-state index in [1.807, 2.05) is 6.92 Å². The van der Waals surface area contributed by atoms with Crippen LogP contribution in [-0.2, 0) is 6.54 Å². The maximum absolute atomic E-state index is 12.1. The van der Waals surface area contributed by atoms with Gasteiger partial charge in [0.25, 0.3) is 11.5 Å². The van der Waals surface area contributed by atoms with Crippen LogP contribution in [0.25, 0.3) is 0 Å². The van der Waals surface area contributed by atoms with Gasteiger partial charge >= 0.3 is 5.97 Å². The summed E-state index contributed by atoms with van der Waals surface area (Å²) >= 11 is 1.31. The van der Waals surface area contributed by atoms with Gasteiger partial charge in [0.1, 0.15) is 16.2 Å². The van der Waals surface area contributed by atoms with Gasteiger partial charge in [-0.1, -0.05) is 6.07 Å². The van der Waals surface area contributed by atoms with E-state index in [0.29, 0.717) is 22.7 Å². The monoisotopic (exact) mass is 395 g/mol. The van der Waals surface area contributed by atoms with E-state index in [0.717, 1.165) is 0 Å². The SMILES string of the molecule is CCn1cccc(C(=O)N/N=C\c2ccc(OC(=O)c3cccs3)cc2)c1=O. The van der Waals surface area contributed by atoms with Crippen LogP contribution in [0.3, 0.4) is 0 Å². The predicted molar refractivity (Wildman–Crippen MR) is 107 cm³/mol. The molecular weight excluding hydrogens is 378 g/mol. The van der Waals surface area contributed by atoms with Crippen molar-refractivity contribution < 1.29 is 14.3 Å². The second-order valence-electron chi connectivity index (χ2n) is 5.65. The number of carbonyl (C=O) groups excluding carboxylic acids is 2. The first kappa shape index (κ1) is 19.2. The van der Waals surface area contributed by atoms with Crippen LogP contribution >= 0.6 is 11.3 Å². The van der Waals surface area contributed by atoms with Crippen LogP contribution in [0.15, 0.2) is 70.0 Å². The Bertz CT molecular complexity index is 1050. The summed E-state index contributed by atoms with van der Waals surface area (Å²) in [5.74, 6) is -0.584. The Hall–Kier alpha value is -3.52. The van der Waals surface area contributed by atoms with Crippen LogP contribution in [0.1, 0.15) is 32.5 Å². The molecule has 0 radical (unpaired) electrons. The van der Waals surface area contributed by atoms with Crippen LogP contribution in [0, 0.1) is 0 Å². The van der Waals surface area contributed by atoms with Gasteiger partial charge in [-0.3, -0.25) is 9.59 Å². The van der Waals surface area contributed by atoms with Crippen LogP contribution in [-0.4, -0.2) is 22.7 Å². The molecule has 1 N–H and O–H groups in total. The maximum atomic E-state index is 12.1. The van der Waals surface area contributed by atoms with E-state index in [1.165, 1.54) is 28.2 Å².